The smallest absolute Gasteiger partial charge is 0.340 e. The van der Waals surface area contributed by atoms with Crippen LogP contribution >= 0.6 is 15.9 Å². The number of anilines is 1. The summed E-state index contributed by atoms with van der Waals surface area (Å²) in [5.41, 5.74) is 0.878. The fourth-order valence-electron chi connectivity index (χ4n) is 2.44. The number of benzene rings is 3. The fourth-order valence-corrected chi connectivity index (χ4v) is 4.33. The van der Waals surface area contributed by atoms with Crippen molar-refractivity contribution in [2.45, 2.75) is 4.90 Å². The summed E-state index contributed by atoms with van der Waals surface area (Å²) < 4.78 is 35.6. The van der Waals surface area contributed by atoms with Crippen molar-refractivity contribution in [1.29, 1.82) is 0 Å². The summed E-state index contributed by atoms with van der Waals surface area (Å²) in [6.07, 6.45) is 0. The SMILES string of the molecule is COc1ccccc1C(=O)Nc1ccc(OS(=O)(=O)c2ccccc2Br)cc1. The second-order valence-corrected chi connectivity index (χ2v) is 8.02. The van der Waals surface area contributed by atoms with Gasteiger partial charge < -0.3 is 14.2 Å². The van der Waals surface area contributed by atoms with Crippen LogP contribution in [-0.4, -0.2) is 21.4 Å². The Morgan fingerprint density at radius 1 is 0.929 bits per heavy atom. The van der Waals surface area contributed by atoms with Gasteiger partial charge in [0.2, 0.25) is 0 Å². The Kier molecular flexibility index (Phi) is 6.01. The van der Waals surface area contributed by atoms with Gasteiger partial charge in [-0.3, -0.25) is 4.79 Å². The van der Waals surface area contributed by atoms with Crippen molar-refractivity contribution >= 4 is 37.6 Å². The van der Waals surface area contributed by atoms with Gasteiger partial charge in [0.1, 0.15) is 16.4 Å². The summed E-state index contributed by atoms with van der Waals surface area (Å²) >= 11 is 3.20. The molecule has 144 valence electrons. The highest BCUT2D eigenvalue weighted by Gasteiger charge is 2.19. The molecule has 0 atom stereocenters. The highest BCUT2D eigenvalue weighted by atomic mass is 79.9. The van der Waals surface area contributed by atoms with E-state index in [0.717, 1.165) is 0 Å². The van der Waals surface area contributed by atoms with E-state index in [1.165, 1.54) is 25.3 Å². The van der Waals surface area contributed by atoms with Gasteiger partial charge >= 0.3 is 10.1 Å². The van der Waals surface area contributed by atoms with Crippen molar-refractivity contribution in [2.24, 2.45) is 0 Å². The molecule has 0 saturated carbocycles. The molecule has 0 aliphatic rings. The summed E-state index contributed by atoms with van der Waals surface area (Å²) in [7, 11) is -2.49. The van der Waals surface area contributed by atoms with Crippen LogP contribution in [-0.2, 0) is 10.1 Å². The number of ether oxygens (including phenoxy) is 1. The first-order chi connectivity index (χ1) is 13.4. The number of hydrogen-bond donors (Lipinski definition) is 1. The molecule has 0 fully saturated rings. The lowest BCUT2D eigenvalue weighted by Gasteiger charge is -2.11. The standard InChI is InChI=1S/C20H16BrNO5S/c1-26-18-8-4-2-6-16(18)20(23)22-14-10-12-15(13-11-14)27-28(24,25)19-9-5-3-7-17(19)21/h2-13H,1H3,(H,22,23). The third kappa shape index (κ3) is 4.52. The van der Waals surface area contributed by atoms with Gasteiger partial charge in [0.05, 0.1) is 12.7 Å². The number of para-hydroxylation sites is 1. The minimum atomic E-state index is -3.98. The Bertz CT molecular complexity index is 1100. The average Bonchev–Trinajstić information content (AvgIpc) is 2.69. The molecule has 0 aliphatic heterocycles. The van der Waals surface area contributed by atoms with Gasteiger partial charge in [-0.2, -0.15) is 8.42 Å². The molecule has 0 saturated heterocycles. The summed E-state index contributed by atoms with van der Waals surface area (Å²) in [6.45, 7) is 0. The average molecular weight is 462 g/mol. The van der Waals surface area contributed by atoms with Crippen molar-refractivity contribution in [3.05, 3.63) is 82.8 Å². The summed E-state index contributed by atoms with van der Waals surface area (Å²) in [6, 6.07) is 19.3. The topological polar surface area (TPSA) is 81.7 Å². The van der Waals surface area contributed by atoms with Crippen LogP contribution in [0.15, 0.2) is 82.2 Å². The van der Waals surface area contributed by atoms with Crippen molar-refractivity contribution in [1.82, 2.24) is 0 Å². The lowest BCUT2D eigenvalue weighted by Crippen LogP contribution is -2.13. The quantitative estimate of drug-likeness (QED) is 0.547. The Hall–Kier alpha value is -2.84. The molecule has 1 amide bonds. The van der Waals surface area contributed by atoms with E-state index in [1.54, 1.807) is 54.6 Å². The van der Waals surface area contributed by atoms with Gasteiger partial charge in [-0.15, -0.1) is 0 Å². The molecule has 3 rings (SSSR count). The number of amides is 1. The van der Waals surface area contributed by atoms with Crippen LogP contribution in [0.4, 0.5) is 5.69 Å². The molecule has 3 aromatic rings. The number of carbonyl (C=O) groups is 1. The first-order valence-corrected chi connectivity index (χ1v) is 10.3. The van der Waals surface area contributed by atoms with E-state index in [9.17, 15) is 13.2 Å². The van der Waals surface area contributed by atoms with Crippen molar-refractivity contribution in [2.75, 3.05) is 12.4 Å². The maximum Gasteiger partial charge on any atom is 0.340 e. The van der Waals surface area contributed by atoms with Gasteiger partial charge in [-0.25, -0.2) is 0 Å². The van der Waals surface area contributed by atoms with Gasteiger partial charge in [-0.1, -0.05) is 24.3 Å². The molecule has 8 heteroatoms. The zero-order chi connectivity index (χ0) is 20.1. The second-order valence-electron chi connectivity index (χ2n) is 5.65. The van der Waals surface area contributed by atoms with Crippen LogP contribution in [0.5, 0.6) is 11.5 Å². The van der Waals surface area contributed by atoms with E-state index in [1.807, 2.05) is 0 Å². The monoisotopic (exact) mass is 461 g/mol. The molecule has 0 radical (unpaired) electrons. The lowest BCUT2D eigenvalue weighted by atomic mass is 10.2. The molecule has 0 aromatic heterocycles. The largest absolute Gasteiger partial charge is 0.496 e. The molecule has 0 heterocycles. The second kappa shape index (κ2) is 8.45. The Morgan fingerprint density at radius 3 is 2.25 bits per heavy atom. The van der Waals surface area contributed by atoms with Crippen molar-refractivity contribution in [3.8, 4) is 11.5 Å². The van der Waals surface area contributed by atoms with Crippen LogP contribution in [0.1, 0.15) is 10.4 Å². The van der Waals surface area contributed by atoms with Crippen LogP contribution in [0.3, 0.4) is 0 Å². The Morgan fingerprint density at radius 2 is 1.57 bits per heavy atom. The highest BCUT2D eigenvalue weighted by molar-refractivity contribution is 9.10. The van der Waals surface area contributed by atoms with Gasteiger partial charge in [0.15, 0.2) is 0 Å². The van der Waals surface area contributed by atoms with Gasteiger partial charge in [0, 0.05) is 10.2 Å². The predicted molar refractivity (Wildman–Crippen MR) is 109 cm³/mol. The molecular weight excluding hydrogens is 446 g/mol. The predicted octanol–water partition coefficient (Wildman–Crippen LogP) is 4.48. The lowest BCUT2D eigenvalue weighted by molar-refractivity contribution is 0.102. The van der Waals surface area contributed by atoms with Gasteiger partial charge in [-0.05, 0) is 64.5 Å². The van der Waals surface area contributed by atoms with E-state index < -0.39 is 10.1 Å². The molecule has 1 N–H and O–H groups in total. The van der Waals surface area contributed by atoms with Crippen LogP contribution < -0.4 is 14.2 Å². The minimum absolute atomic E-state index is 0.0311. The van der Waals surface area contributed by atoms with E-state index in [0.29, 0.717) is 21.5 Å². The first-order valence-electron chi connectivity index (χ1n) is 8.14. The molecule has 28 heavy (non-hydrogen) atoms. The van der Waals surface area contributed by atoms with Crippen LogP contribution in [0.2, 0.25) is 0 Å². The molecule has 0 unspecified atom stereocenters. The number of carbonyl (C=O) groups excluding carboxylic acids is 1. The zero-order valence-corrected chi connectivity index (χ0v) is 17.2. The van der Waals surface area contributed by atoms with Gasteiger partial charge in [0.25, 0.3) is 5.91 Å². The summed E-state index contributed by atoms with van der Waals surface area (Å²) in [4.78, 5) is 12.4. The molecule has 0 spiro atoms. The normalized spacial score (nSPS) is 10.9. The molecular formula is C20H16BrNO5S. The fraction of sp³-hybridized carbons (Fsp3) is 0.0500. The van der Waals surface area contributed by atoms with Crippen LogP contribution in [0, 0.1) is 0 Å². The van der Waals surface area contributed by atoms with Crippen LogP contribution in [0.25, 0.3) is 0 Å². The van der Waals surface area contributed by atoms with E-state index in [2.05, 4.69) is 21.2 Å². The Balaban J connectivity index is 1.73. The first kappa shape index (κ1) is 19.9. The highest BCUT2D eigenvalue weighted by Crippen LogP contribution is 2.26. The maximum absolute atomic E-state index is 12.4. The third-order valence-corrected chi connectivity index (χ3v) is 6.04. The maximum atomic E-state index is 12.4. The zero-order valence-electron chi connectivity index (χ0n) is 14.8. The number of hydrogen-bond acceptors (Lipinski definition) is 5. The van der Waals surface area contributed by atoms with Crippen molar-refractivity contribution in [3.63, 3.8) is 0 Å². The van der Waals surface area contributed by atoms with E-state index in [-0.39, 0.29) is 16.6 Å². The third-order valence-electron chi connectivity index (χ3n) is 3.78. The number of halogens is 1. The Labute approximate surface area is 171 Å². The number of rotatable bonds is 6. The summed E-state index contributed by atoms with van der Waals surface area (Å²) in [5.74, 6) is 0.248. The number of nitrogens with one attached hydrogen (secondary N) is 1. The summed E-state index contributed by atoms with van der Waals surface area (Å²) in [5, 5.41) is 2.73. The molecule has 6 nitrogen and oxygen atoms in total. The molecule has 0 bridgehead atoms. The minimum Gasteiger partial charge on any atom is -0.496 e. The van der Waals surface area contributed by atoms with Crippen molar-refractivity contribution < 1.29 is 22.1 Å². The molecule has 0 aliphatic carbocycles. The van der Waals surface area contributed by atoms with E-state index in [4.69, 9.17) is 8.92 Å². The number of methoxy groups -OCH3 is 1. The van der Waals surface area contributed by atoms with E-state index >= 15 is 0 Å². The molecule has 3 aromatic carbocycles.